The van der Waals surface area contributed by atoms with E-state index in [0.29, 0.717) is 11.6 Å². The Morgan fingerprint density at radius 1 is 1.32 bits per heavy atom. The highest BCUT2D eigenvalue weighted by molar-refractivity contribution is 14.0. The van der Waals surface area contributed by atoms with Gasteiger partial charge in [0.2, 0.25) is 0 Å². The van der Waals surface area contributed by atoms with Crippen LogP contribution in [0.25, 0.3) is 0 Å². The third-order valence-corrected chi connectivity index (χ3v) is 6.01. The maximum absolute atomic E-state index is 11.9. The van der Waals surface area contributed by atoms with Crippen molar-refractivity contribution in [3.05, 3.63) is 45.6 Å². The molecule has 0 aliphatic carbocycles. The molecule has 2 aromatic rings. The second-order valence-electron chi connectivity index (χ2n) is 6.98. The van der Waals surface area contributed by atoms with Crippen molar-refractivity contribution in [1.29, 1.82) is 0 Å². The Labute approximate surface area is 209 Å². The first-order chi connectivity index (χ1) is 14.6. The van der Waals surface area contributed by atoms with Crippen LogP contribution in [0.15, 0.2) is 40.7 Å². The van der Waals surface area contributed by atoms with Crippen molar-refractivity contribution < 1.29 is 9.53 Å². The number of guanidine groups is 1. The summed E-state index contributed by atoms with van der Waals surface area (Å²) in [5, 5.41) is 12.3. The highest BCUT2D eigenvalue weighted by Crippen LogP contribution is 2.33. The van der Waals surface area contributed by atoms with E-state index in [2.05, 4.69) is 25.8 Å². The molecule has 0 saturated carbocycles. The van der Waals surface area contributed by atoms with Gasteiger partial charge >= 0.3 is 0 Å². The third-order valence-electron chi connectivity index (χ3n) is 4.91. The molecule has 0 spiro atoms. The highest BCUT2D eigenvalue weighted by atomic mass is 127. The number of hydrogen-bond donors (Lipinski definition) is 3. The Balaban J connectivity index is 0.00000341. The molecule has 10 heteroatoms. The van der Waals surface area contributed by atoms with Gasteiger partial charge in [0.15, 0.2) is 5.96 Å². The van der Waals surface area contributed by atoms with Crippen molar-refractivity contribution in [2.45, 2.75) is 18.9 Å². The van der Waals surface area contributed by atoms with Gasteiger partial charge < -0.3 is 25.6 Å². The van der Waals surface area contributed by atoms with Crippen molar-refractivity contribution in [2.24, 2.45) is 4.99 Å². The molecule has 1 aliphatic rings. The number of halogens is 2. The number of hydrogen-bond acceptors (Lipinski definition) is 5. The van der Waals surface area contributed by atoms with Crippen molar-refractivity contribution in [2.75, 3.05) is 45.2 Å². The van der Waals surface area contributed by atoms with Crippen LogP contribution in [-0.2, 0) is 0 Å². The van der Waals surface area contributed by atoms with Gasteiger partial charge in [-0.2, -0.15) is 0 Å². The van der Waals surface area contributed by atoms with E-state index < -0.39 is 0 Å². The molecular weight excluding hydrogens is 549 g/mol. The molecule has 1 amide bonds. The van der Waals surface area contributed by atoms with E-state index in [4.69, 9.17) is 16.3 Å². The summed E-state index contributed by atoms with van der Waals surface area (Å²) in [6.45, 7) is 3.10. The second kappa shape index (κ2) is 13.0. The Morgan fingerprint density at radius 2 is 2.13 bits per heavy atom. The fourth-order valence-electron chi connectivity index (χ4n) is 3.39. The van der Waals surface area contributed by atoms with Gasteiger partial charge in [0.05, 0.1) is 17.7 Å². The SMILES string of the molecule is CN=C(NCCCNC(=O)c1cccs1)NC1CCN(c2cc(Cl)ccc2OC)C1.I. The Kier molecular flexibility index (Phi) is 10.7. The Hall–Kier alpha value is -1.72. The molecule has 1 atom stereocenters. The summed E-state index contributed by atoms with van der Waals surface area (Å²) >= 11 is 7.62. The number of nitrogens with one attached hydrogen (secondary N) is 3. The van der Waals surface area contributed by atoms with Crippen molar-refractivity contribution >= 4 is 64.5 Å². The van der Waals surface area contributed by atoms with Gasteiger partial charge in [0.1, 0.15) is 5.75 Å². The summed E-state index contributed by atoms with van der Waals surface area (Å²) in [4.78, 5) is 19.3. The van der Waals surface area contributed by atoms with Crippen LogP contribution >= 0.6 is 46.9 Å². The lowest BCUT2D eigenvalue weighted by molar-refractivity contribution is 0.0957. The summed E-state index contributed by atoms with van der Waals surface area (Å²) in [7, 11) is 3.44. The largest absolute Gasteiger partial charge is 0.495 e. The number of ether oxygens (including phenoxy) is 1. The minimum absolute atomic E-state index is 0. The molecule has 170 valence electrons. The number of nitrogens with zero attached hydrogens (tertiary/aromatic N) is 2. The fourth-order valence-corrected chi connectivity index (χ4v) is 4.19. The molecule has 1 fully saturated rings. The van der Waals surface area contributed by atoms with Crippen LogP contribution in [0, 0.1) is 0 Å². The molecule has 7 nitrogen and oxygen atoms in total. The molecule has 31 heavy (non-hydrogen) atoms. The van der Waals surface area contributed by atoms with Crippen LogP contribution in [0.3, 0.4) is 0 Å². The van der Waals surface area contributed by atoms with Gasteiger partial charge in [-0.3, -0.25) is 9.79 Å². The molecule has 2 heterocycles. The van der Waals surface area contributed by atoms with Gasteiger partial charge in [0, 0.05) is 44.3 Å². The maximum atomic E-state index is 11.9. The number of amides is 1. The molecule has 3 N–H and O–H groups in total. The lowest BCUT2D eigenvalue weighted by atomic mass is 10.2. The number of carbonyl (C=O) groups excluding carboxylic acids is 1. The van der Waals surface area contributed by atoms with E-state index in [-0.39, 0.29) is 35.9 Å². The molecular formula is C21H29ClIN5O2S. The monoisotopic (exact) mass is 577 g/mol. The predicted molar refractivity (Wildman–Crippen MR) is 140 cm³/mol. The quantitative estimate of drug-likeness (QED) is 0.194. The van der Waals surface area contributed by atoms with Crippen molar-refractivity contribution in [1.82, 2.24) is 16.0 Å². The number of benzene rings is 1. The molecule has 1 aliphatic heterocycles. The van der Waals surface area contributed by atoms with Crippen LogP contribution in [0.4, 0.5) is 5.69 Å². The number of rotatable bonds is 8. The standard InChI is InChI=1S/C21H28ClN5O2S.HI/c1-23-21(25-10-4-9-24-20(28)19-5-3-12-30-19)26-16-8-11-27(14-16)17-13-15(22)6-7-18(17)29-2;/h3,5-7,12-13,16H,4,8-11,14H2,1-2H3,(H,24,28)(H2,23,25,26);1H. The zero-order valence-corrected chi connectivity index (χ0v) is 21.6. The number of carbonyl (C=O) groups is 1. The summed E-state index contributed by atoms with van der Waals surface area (Å²) in [6.07, 6.45) is 1.81. The lowest BCUT2D eigenvalue weighted by Crippen LogP contribution is -2.45. The smallest absolute Gasteiger partial charge is 0.261 e. The van der Waals surface area contributed by atoms with E-state index in [1.807, 2.05) is 35.7 Å². The molecule has 1 saturated heterocycles. The summed E-state index contributed by atoms with van der Waals surface area (Å²) in [6, 6.07) is 9.66. The lowest BCUT2D eigenvalue weighted by Gasteiger charge is -2.22. The fraction of sp³-hybridized carbons (Fsp3) is 0.429. The van der Waals surface area contributed by atoms with Crippen molar-refractivity contribution in [3.63, 3.8) is 0 Å². The van der Waals surface area contributed by atoms with E-state index in [1.165, 1.54) is 11.3 Å². The predicted octanol–water partition coefficient (Wildman–Crippen LogP) is 3.59. The molecule has 1 aromatic heterocycles. The average molecular weight is 578 g/mol. The summed E-state index contributed by atoms with van der Waals surface area (Å²) < 4.78 is 5.48. The molecule has 1 aromatic carbocycles. The number of methoxy groups -OCH3 is 1. The van der Waals surface area contributed by atoms with Gasteiger partial charge in [-0.15, -0.1) is 35.3 Å². The minimum atomic E-state index is -0.0185. The second-order valence-corrected chi connectivity index (χ2v) is 8.36. The van der Waals surface area contributed by atoms with Gasteiger partial charge in [-0.05, 0) is 42.5 Å². The summed E-state index contributed by atoms with van der Waals surface area (Å²) in [5.74, 6) is 1.58. The third kappa shape index (κ3) is 7.43. The molecule has 3 rings (SSSR count). The summed E-state index contributed by atoms with van der Waals surface area (Å²) in [5.41, 5.74) is 1.01. The van der Waals surface area contributed by atoms with E-state index in [9.17, 15) is 4.79 Å². The first-order valence-electron chi connectivity index (χ1n) is 9.98. The van der Waals surface area contributed by atoms with Gasteiger partial charge in [-0.25, -0.2) is 0 Å². The number of anilines is 1. The Morgan fingerprint density at radius 3 is 2.84 bits per heavy atom. The van der Waals surface area contributed by atoms with E-state index >= 15 is 0 Å². The topological polar surface area (TPSA) is 78.0 Å². The Bertz CT molecular complexity index is 865. The van der Waals surface area contributed by atoms with E-state index in [1.54, 1.807) is 14.2 Å². The van der Waals surface area contributed by atoms with Crippen LogP contribution in [0.5, 0.6) is 5.75 Å². The first-order valence-corrected chi connectivity index (χ1v) is 11.2. The zero-order valence-electron chi connectivity index (χ0n) is 17.7. The van der Waals surface area contributed by atoms with Gasteiger partial charge in [0.25, 0.3) is 5.91 Å². The van der Waals surface area contributed by atoms with Crippen LogP contribution in [-0.4, -0.2) is 58.2 Å². The molecule has 0 radical (unpaired) electrons. The van der Waals surface area contributed by atoms with Crippen LogP contribution in [0.1, 0.15) is 22.5 Å². The van der Waals surface area contributed by atoms with E-state index in [0.717, 1.165) is 54.7 Å². The van der Waals surface area contributed by atoms with Crippen LogP contribution in [0.2, 0.25) is 5.02 Å². The van der Waals surface area contributed by atoms with Crippen LogP contribution < -0.4 is 25.6 Å². The maximum Gasteiger partial charge on any atom is 0.261 e. The zero-order chi connectivity index (χ0) is 21.3. The number of aliphatic imine (C=N–C) groups is 1. The van der Waals surface area contributed by atoms with Crippen molar-refractivity contribution in [3.8, 4) is 5.75 Å². The average Bonchev–Trinajstić information content (AvgIpc) is 3.45. The van der Waals surface area contributed by atoms with Gasteiger partial charge in [-0.1, -0.05) is 17.7 Å². The minimum Gasteiger partial charge on any atom is -0.495 e. The molecule has 0 bridgehead atoms. The molecule has 1 unspecified atom stereocenters. The highest BCUT2D eigenvalue weighted by Gasteiger charge is 2.25. The number of thiophene rings is 1. The first kappa shape index (κ1) is 25.5. The normalized spacial score (nSPS) is 15.9.